The maximum Gasteiger partial charge on any atom is 0.264 e. The Morgan fingerprint density at radius 1 is 0.806 bits per heavy atom. The number of amides is 1. The second-order valence-electron chi connectivity index (χ2n) is 7.65. The molecule has 4 aromatic carbocycles. The molecule has 7 nitrogen and oxygen atoms in total. The molecule has 36 heavy (non-hydrogen) atoms. The van der Waals surface area contributed by atoms with Gasteiger partial charge in [0.15, 0.2) is 0 Å². The molecule has 0 spiro atoms. The maximum atomic E-state index is 13.5. The van der Waals surface area contributed by atoms with Crippen molar-refractivity contribution in [2.45, 2.75) is 4.90 Å². The summed E-state index contributed by atoms with van der Waals surface area (Å²) in [7, 11) is -2.57. The first-order valence-electron chi connectivity index (χ1n) is 10.9. The lowest BCUT2D eigenvalue weighted by molar-refractivity contribution is -0.114. The van der Waals surface area contributed by atoms with Crippen molar-refractivity contribution in [1.29, 1.82) is 0 Å². The van der Waals surface area contributed by atoms with Gasteiger partial charge in [-0.05, 0) is 84.9 Å². The lowest BCUT2D eigenvalue weighted by Crippen LogP contribution is -2.38. The molecule has 9 heteroatoms. The Bertz CT molecular complexity index is 1410. The number of hydrogen-bond donors (Lipinski definition) is 1. The summed E-state index contributed by atoms with van der Waals surface area (Å²) >= 11 is 5.99. The maximum absolute atomic E-state index is 13.5. The van der Waals surface area contributed by atoms with Crippen LogP contribution in [0.4, 0.5) is 11.4 Å². The second kappa shape index (κ2) is 11.2. The van der Waals surface area contributed by atoms with Crippen molar-refractivity contribution < 1.29 is 22.7 Å². The molecule has 0 aromatic heterocycles. The first-order valence-corrected chi connectivity index (χ1v) is 12.7. The highest BCUT2D eigenvalue weighted by Crippen LogP contribution is 2.27. The molecule has 0 fully saturated rings. The predicted molar refractivity (Wildman–Crippen MR) is 141 cm³/mol. The minimum absolute atomic E-state index is 0.0217. The van der Waals surface area contributed by atoms with Crippen LogP contribution in [0.2, 0.25) is 5.02 Å². The van der Waals surface area contributed by atoms with Gasteiger partial charge in [0, 0.05) is 10.7 Å². The molecule has 0 bridgehead atoms. The summed E-state index contributed by atoms with van der Waals surface area (Å²) in [6.07, 6.45) is 0. The monoisotopic (exact) mass is 522 g/mol. The molecule has 0 atom stereocenters. The van der Waals surface area contributed by atoms with Crippen LogP contribution in [0, 0.1) is 0 Å². The van der Waals surface area contributed by atoms with Gasteiger partial charge in [-0.1, -0.05) is 29.8 Å². The molecule has 0 heterocycles. The van der Waals surface area contributed by atoms with Crippen molar-refractivity contribution in [3.8, 4) is 17.2 Å². The minimum atomic E-state index is -4.07. The average Bonchev–Trinajstić information content (AvgIpc) is 2.89. The van der Waals surface area contributed by atoms with Crippen molar-refractivity contribution >= 4 is 38.9 Å². The fourth-order valence-corrected chi connectivity index (χ4v) is 4.91. The zero-order chi connectivity index (χ0) is 25.5. The molecule has 184 valence electrons. The van der Waals surface area contributed by atoms with E-state index in [2.05, 4.69) is 5.32 Å². The van der Waals surface area contributed by atoms with Crippen molar-refractivity contribution in [3.05, 3.63) is 108 Å². The van der Waals surface area contributed by atoms with Gasteiger partial charge in [0.05, 0.1) is 17.7 Å². The molecule has 0 aliphatic carbocycles. The highest BCUT2D eigenvalue weighted by atomic mass is 35.5. The summed E-state index contributed by atoms with van der Waals surface area (Å²) in [4.78, 5) is 12.9. The number of anilines is 2. The number of sulfonamides is 1. The highest BCUT2D eigenvalue weighted by Gasteiger charge is 2.27. The van der Waals surface area contributed by atoms with Crippen molar-refractivity contribution in [2.75, 3.05) is 23.3 Å². The van der Waals surface area contributed by atoms with Crippen LogP contribution in [0.25, 0.3) is 0 Å². The molecule has 0 aliphatic rings. The van der Waals surface area contributed by atoms with Crippen LogP contribution in [0.15, 0.2) is 108 Å². The van der Waals surface area contributed by atoms with E-state index in [1.165, 1.54) is 19.2 Å². The lowest BCUT2D eigenvalue weighted by Gasteiger charge is -2.24. The quantitative estimate of drug-likeness (QED) is 0.292. The topological polar surface area (TPSA) is 84.9 Å². The molecule has 0 aliphatic heterocycles. The Balaban J connectivity index is 1.52. The number of benzene rings is 4. The van der Waals surface area contributed by atoms with Gasteiger partial charge in [0.2, 0.25) is 5.91 Å². The number of rotatable bonds is 9. The van der Waals surface area contributed by atoms with Gasteiger partial charge in [0.1, 0.15) is 23.8 Å². The van der Waals surface area contributed by atoms with Crippen LogP contribution in [-0.2, 0) is 14.8 Å². The van der Waals surface area contributed by atoms with Gasteiger partial charge >= 0.3 is 0 Å². The Labute approximate surface area is 214 Å². The van der Waals surface area contributed by atoms with Crippen molar-refractivity contribution in [3.63, 3.8) is 0 Å². The number of methoxy groups -OCH3 is 1. The Morgan fingerprint density at radius 2 is 1.39 bits per heavy atom. The van der Waals surface area contributed by atoms with Gasteiger partial charge < -0.3 is 14.8 Å². The smallest absolute Gasteiger partial charge is 0.264 e. The molecule has 0 radical (unpaired) electrons. The largest absolute Gasteiger partial charge is 0.497 e. The van der Waals surface area contributed by atoms with E-state index in [-0.39, 0.29) is 4.90 Å². The first kappa shape index (κ1) is 25.1. The standard InChI is InChI=1S/C27H23ClN2O5S/c1-34-23-15-17-26(18-16-23)36(32,33)30(22-11-7-20(28)8-12-22)19-27(31)29-21-9-13-25(14-10-21)35-24-5-3-2-4-6-24/h2-18H,19H2,1H3,(H,29,31). The molecular weight excluding hydrogens is 500 g/mol. The number of nitrogens with zero attached hydrogens (tertiary/aromatic N) is 1. The summed E-state index contributed by atoms with van der Waals surface area (Å²) in [5.74, 6) is 1.30. The molecule has 4 aromatic rings. The van der Waals surface area contributed by atoms with Gasteiger partial charge in [0.25, 0.3) is 10.0 Å². The minimum Gasteiger partial charge on any atom is -0.497 e. The van der Waals surface area contributed by atoms with Crippen LogP contribution in [0.5, 0.6) is 17.2 Å². The molecule has 4 rings (SSSR count). The predicted octanol–water partition coefficient (Wildman–Crippen LogP) is 5.97. The van der Waals surface area contributed by atoms with E-state index >= 15 is 0 Å². The molecule has 1 N–H and O–H groups in total. The van der Waals surface area contributed by atoms with Crippen LogP contribution >= 0.6 is 11.6 Å². The molecule has 0 saturated carbocycles. The number of para-hydroxylation sites is 1. The lowest BCUT2D eigenvalue weighted by atomic mass is 10.3. The van der Waals surface area contributed by atoms with Crippen LogP contribution in [0.1, 0.15) is 0 Å². The van der Waals surface area contributed by atoms with Gasteiger partial charge in [-0.2, -0.15) is 0 Å². The van der Waals surface area contributed by atoms with E-state index in [0.29, 0.717) is 33.6 Å². The Kier molecular flexibility index (Phi) is 7.77. The number of halogens is 1. The highest BCUT2D eigenvalue weighted by molar-refractivity contribution is 7.92. The third-order valence-corrected chi connectivity index (χ3v) is 7.21. The normalized spacial score (nSPS) is 10.9. The van der Waals surface area contributed by atoms with E-state index in [1.54, 1.807) is 60.7 Å². The van der Waals surface area contributed by atoms with Crippen molar-refractivity contribution in [2.24, 2.45) is 0 Å². The van der Waals surface area contributed by atoms with E-state index in [9.17, 15) is 13.2 Å². The number of nitrogens with one attached hydrogen (secondary N) is 1. The summed E-state index contributed by atoms with van der Waals surface area (Å²) in [5.41, 5.74) is 0.801. The van der Waals surface area contributed by atoms with E-state index < -0.39 is 22.5 Å². The average molecular weight is 523 g/mol. The Morgan fingerprint density at radius 3 is 2.00 bits per heavy atom. The van der Waals surface area contributed by atoms with E-state index in [0.717, 1.165) is 4.31 Å². The third-order valence-electron chi connectivity index (χ3n) is 5.17. The van der Waals surface area contributed by atoms with Crippen LogP contribution in [-0.4, -0.2) is 28.0 Å². The second-order valence-corrected chi connectivity index (χ2v) is 9.95. The molecule has 1 amide bonds. The van der Waals surface area contributed by atoms with Gasteiger partial charge in [-0.25, -0.2) is 8.42 Å². The van der Waals surface area contributed by atoms with E-state index in [1.807, 2.05) is 30.3 Å². The zero-order valence-electron chi connectivity index (χ0n) is 19.3. The molecule has 0 unspecified atom stereocenters. The summed E-state index contributed by atoms with van der Waals surface area (Å²) in [6.45, 7) is -0.446. The number of carbonyl (C=O) groups is 1. The summed E-state index contributed by atoms with van der Waals surface area (Å²) < 4.78 is 38.9. The fourth-order valence-electron chi connectivity index (χ4n) is 3.36. The number of carbonyl (C=O) groups excluding carboxylic acids is 1. The van der Waals surface area contributed by atoms with Crippen molar-refractivity contribution in [1.82, 2.24) is 0 Å². The van der Waals surface area contributed by atoms with Gasteiger partial charge in [-0.15, -0.1) is 0 Å². The van der Waals surface area contributed by atoms with E-state index in [4.69, 9.17) is 21.1 Å². The summed E-state index contributed by atoms with van der Waals surface area (Å²) in [5, 5.41) is 3.19. The molecule has 0 saturated heterocycles. The molecular formula is C27H23ClN2O5S. The number of hydrogen-bond acceptors (Lipinski definition) is 5. The summed E-state index contributed by atoms with van der Waals surface area (Å²) in [6, 6.07) is 28.3. The Hall–Kier alpha value is -4.01. The zero-order valence-corrected chi connectivity index (χ0v) is 20.9. The van der Waals surface area contributed by atoms with Gasteiger partial charge in [-0.3, -0.25) is 9.10 Å². The fraction of sp³-hybridized carbons (Fsp3) is 0.0741. The van der Waals surface area contributed by atoms with Crippen LogP contribution in [0.3, 0.4) is 0 Å². The number of ether oxygens (including phenoxy) is 2. The SMILES string of the molecule is COc1ccc(S(=O)(=O)N(CC(=O)Nc2ccc(Oc3ccccc3)cc2)c2ccc(Cl)cc2)cc1. The first-order chi connectivity index (χ1) is 17.3. The van der Waals surface area contributed by atoms with Crippen LogP contribution < -0.4 is 19.1 Å². The third kappa shape index (κ3) is 6.16.